The van der Waals surface area contributed by atoms with Gasteiger partial charge < -0.3 is 14.5 Å². The minimum atomic E-state index is -0.491. The monoisotopic (exact) mass is 520 g/mol. The second-order valence-corrected chi connectivity index (χ2v) is 11.2. The average Bonchev–Trinajstić information content (AvgIpc) is 3.27. The standard InChI is InChI=1S/C23H33BrN6O3/c1-15(2)18-14-28(13-16-6-9-27(10-7-16)22(32)33-23(3,4)5)21(31)30(18)19-8-11-29-20(26-19)17(24)12-25-29/h8,11-12,15-16,18H,6-7,9-10,13-14H2,1-5H3/t18-/m1/s1. The summed E-state index contributed by atoms with van der Waals surface area (Å²) < 4.78 is 7.98. The molecule has 2 fully saturated rings. The van der Waals surface area contributed by atoms with E-state index in [0.717, 1.165) is 17.3 Å². The van der Waals surface area contributed by atoms with Crippen LogP contribution in [0.2, 0.25) is 0 Å². The van der Waals surface area contributed by atoms with E-state index < -0.39 is 5.60 Å². The molecule has 2 aromatic heterocycles. The van der Waals surface area contributed by atoms with Gasteiger partial charge in [0.05, 0.1) is 16.7 Å². The zero-order valence-corrected chi connectivity index (χ0v) is 21.6. The molecule has 2 saturated heterocycles. The quantitative estimate of drug-likeness (QED) is 0.596. The van der Waals surface area contributed by atoms with Crippen molar-refractivity contribution in [1.29, 1.82) is 0 Å². The zero-order valence-electron chi connectivity index (χ0n) is 20.0. The van der Waals surface area contributed by atoms with Crippen molar-refractivity contribution in [3.8, 4) is 0 Å². The lowest BCUT2D eigenvalue weighted by atomic mass is 9.96. The van der Waals surface area contributed by atoms with Crippen LogP contribution in [-0.4, -0.2) is 74.3 Å². The molecule has 0 spiro atoms. The highest BCUT2D eigenvalue weighted by Crippen LogP contribution is 2.30. The van der Waals surface area contributed by atoms with Gasteiger partial charge in [-0.25, -0.2) is 19.1 Å². The number of rotatable bonds is 4. The number of fused-ring (bicyclic) bond motifs is 1. The summed E-state index contributed by atoms with van der Waals surface area (Å²) in [5, 5.41) is 4.25. The molecule has 4 rings (SSSR count). The summed E-state index contributed by atoms with van der Waals surface area (Å²) in [4.78, 5) is 36.1. The molecule has 2 aliphatic heterocycles. The van der Waals surface area contributed by atoms with Gasteiger partial charge in [-0.3, -0.25) is 4.90 Å². The number of nitrogens with zero attached hydrogens (tertiary/aromatic N) is 6. The van der Waals surface area contributed by atoms with Gasteiger partial charge in [0, 0.05) is 32.4 Å². The number of hydrogen-bond acceptors (Lipinski definition) is 5. The number of aromatic nitrogens is 3. The van der Waals surface area contributed by atoms with Crippen molar-refractivity contribution in [2.24, 2.45) is 11.8 Å². The van der Waals surface area contributed by atoms with Gasteiger partial charge in [0.1, 0.15) is 11.4 Å². The molecule has 0 saturated carbocycles. The molecule has 0 aliphatic carbocycles. The molecule has 2 aromatic rings. The molecule has 180 valence electrons. The summed E-state index contributed by atoms with van der Waals surface area (Å²) in [6, 6.07) is 1.90. The maximum Gasteiger partial charge on any atom is 0.410 e. The van der Waals surface area contributed by atoms with Crippen molar-refractivity contribution < 1.29 is 14.3 Å². The Morgan fingerprint density at radius 3 is 2.61 bits per heavy atom. The maximum absolute atomic E-state index is 13.5. The fraction of sp³-hybridized carbons (Fsp3) is 0.652. The van der Waals surface area contributed by atoms with Gasteiger partial charge in [0.2, 0.25) is 0 Å². The Hall–Kier alpha value is -2.36. The second kappa shape index (κ2) is 9.12. The summed E-state index contributed by atoms with van der Waals surface area (Å²) in [7, 11) is 0. The largest absolute Gasteiger partial charge is 0.444 e. The van der Waals surface area contributed by atoms with Crippen molar-refractivity contribution in [3.63, 3.8) is 0 Å². The van der Waals surface area contributed by atoms with Crippen LogP contribution in [-0.2, 0) is 4.74 Å². The van der Waals surface area contributed by atoms with Crippen LogP contribution in [0.3, 0.4) is 0 Å². The van der Waals surface area contributed by atoms with Crippen LogP contribution in [0.5, 0.6) is 0 Å². The molecule has 0 bridgehead atoms. The van der Waals surface area contributed by atoms with Crippen LogP contribution < -0.4 is 4.90 Å². The van der Waals surface area contributed by atoms with Crippen LogP contribution in [0.1, 0.15) is 47.5 Å². The first kappa shape index (κ1) is 23.8. The van der Waals surface area contributed by atoms with Gasteiger partial charge >= 0.3 is 12.1 Å². The highest BCUT2D eigenvalue weighted by atomic mass is 79.9. The third-order valence-corrected chi connectivity index (χ3v) is 6.85. The Bertz CT molecular complexity index is 1020. The lowest BCUT2D eigenvalue weighted by molar-refractivity contribution is 0.0175. The predicted molar refractivity (Wildman–Crippen MR) is 129 cm³/mol. The van der Waals surface area contributed by atoms with E-state index in [2.05, 4.69) is 34.9 Å². The molecule has 0 radical (unpaired) electrons. The van der Waals surface area contributed by atoms with E-state index in [9.17, 15) is 9.59 Å². The molecule has 9 nitrogen and oxygen atoms in total. The number of piperidine rings is 1. The first-order valence-electron chi connectivity index (χ1n) is 11.6. The molecule has 10 heteroatoms. The Morgan fingerprint density at radius 1 is 1.27 bits per heavy atom. The Labute approximate surface area is 203 Å². The number of anilines is 1. The molecule has 4 heterocycles. The van der Waals surface area contributed by atoms with Crippen molar-refractivity contribution in [2.75, 3.05) is 31.1 Å². The van der Waals surface area contributed by atoms with Crippen LogP contribution >= 0.6 is 15.9 Å². The van der Waals surface area contributed by atoms with E-state index in [-0.39, 0.29) is 18.2 Å². The molecule has 2 aliphatic rings. The minimum Gasteiger partial charge on any atom is -0.444 e. The number of hydrogen-bond donors (Lipinski definition) is 0. The molecule has 3 amide bonds. The predicted octanol–water partition coefficient (Wildman–Crippen LogP) is 4.41. The molecule has 0 unspecified atom stereocenters. The van der Waals surface area contributed by atoms with Gasteiger partial charge in [0.25, 0.3) is 0 Å². The van der Waals surface area contributed by atoms with Crippen molar-refractivity contribution in [3.05, 3.63) is 22.9 Å². The summed E-state index contributed by atoms with van der Waals surface area (Å²) in [5.74, 6) is 1.30. The van der Waals surface area contributed by atoms with Gasteiger partial charge in [-0.1, -0.05) is 13.8 Å². The van der Waals surface area contributed by atoms with E-state index in [1.807, 2.05) is 42.8 Å². The number of halogens is 1. The van der Waals surface area contributed by atoms with E-state index in [1.54, 1.807) is 15.6 Å². The summed E-state index contributed by atoms with van der Waals surface area (Å²) in [6.07, 6.45) is 5.01. The summed E-state index contributed by atoms with van der Waals surface area (Å²) >= 11 is 3.48. The zero-order chi connectivity index (χ0) is 23.9. The van der Waals surface area contributed by atoms with Crippen LogP contribution in [0.25, 0.3) is 5.65 Å². The Kier molecular flexibility index (Phi) is 6.57. The fourth-order valence-corrected chi connectivity index (χ4v) is 4.87. The lowest BCUT2D eigenvalue weighted by Gasteiger charge is -2.34. The summed E-state index contributed by atoms with van der Waals surface area (Å²) in [5.41, 5.74) is 0.199. The number of carbonyl (C=O) groups excluding carboxylic acids is 2. The first-order chi connectivity index (χ1) is 15.5. The lowest BCUT2D eigenvalue weighted by Crippen LogP contribution is -2.44. The van der Waals surface area contributed by atoms with E-state index in [0.29, 0.717) is 49.5 Å². The highest BCUT2D eigenvalue weighted by molar-refractivity contribution is 9.10. The van der Waals surface area contributed by atoms with Gasteiger partial charge in [-0.2, -0.15) is 5.10 Å². The van der Waals surface area contributed by atoms with Crippen LogP contribution in [0.15, 0.2) is 22.9 Å². The number of ether oxygens (including phenoxy) is 1. The maximum atomic E-state index is 13.5. The van der Waals surface area contributed by atoms with Gasteiger partial charge in [0.15, 0.2) is 5.65 Å². The normalized spacial score (nSPS) is 20.4. The number of likely N-dealkylation sites (tertiary alicyclic amines) is 1. The van der Waals surface area contributed by atoms with Crippen LogP contribution in [0.4, 0.5) is 15.4 Å². The number of amides is 3. The molecule has 0 N–H and O–H groups in total. The van der Waals surface area contributed by atoms with E-state index in [4.69, 9.17) is 9.72 Å². The second-order valence-electron chi connectivity index (χ2n) is 10.3. The molecular weight excluding hydrogens is 488 g/mol. The van der Waals surface area contributed by atoms with Gasteiger partial charge in [-0.15, -0.1) is 0 Å². The Balaban J connectivity index is 1.43. The first-order valence-corrected chi connectivity index (χ1v) is 12.4. The highest BCUT2D eigenvalue weighted by Gasteiger charge is 2.41. The van der Waals surface area contributed by atoms with Crippen LogP contribution in [0, 0.1) is 11.8 Å². The average molecular weight is 521 g/mol. The molecule has 33 heavy (non-hydrogen) atoms. The Morgan fingerprint density at radius 2 is 1.97 bits per heavy atom. The fourth-order valence-electron chi connectivity index (χ4n) is 4.51. The molecular formula is C23H33BrN6O3. The summed E-state index contributed by atoms with van der Waals surface area (Å²) in [6.45, 7) is 12.6. The van der Waals surface area contributed by atoms with Crippen molar-refractivity contribution in [1.82, 2.24) is 24.4 Å². The molecule has 1 atom stereocenters. The smallest absolute Gasteiger partial charge is 0.410 e. The molecule has 0 aromatic carbocycles. The minimum absolute atomic E-state index is 0.00393. The van der Waals surface area contributed by atoms with Crippen molar-refractivity contribution >= 4 is 39.5 Å². The third-order valence-electron chi connectivity index (χ3n) is 6.29. The SMILES string of the molecule is CC(C)[C@H]1CN(CC2CCN(C(=O)OC(C)(C)C)CC2)C(=O)N1c1ccn2ncc(Br)c2n1. The number of carbonyl (C=O) groups is 2. The van der Waals surface area contributed by atoms with Crippen molar-refractivity contribution in [2.45, 2.75) is 59.1 Å². The third kappa shape index (κ3) is 5.10. The number of urea groups is 1. The topological polar surface area (TPSA) is 83.3 Å². The van der Waals surface area contributed by atoms with E-state index in [1.165, 1.54) is 0 Å². The van der Waals surface area contributed by atoms with E-state index >= 15 is 0 Å². The van der Waals surface area contributed by atoms with Gasteiger partial charge in [-0.05, 0) is 67.4 Å².